The molecule has 4 N–H and O–H groups in total. The van der Waals surface area contributed by atoms with Crippen LogP contribution in [0.1, 0.15) is 12.5 Å². The van der Waals surface area contributed by atoms with Crippen molar-refractivity contribution >= 4 is 11.9 Å². The van der Waals surface area contributed by atoms with E-state index in [0.717, 1.165) is 0 Å². The highest BCUT2D eigenvalue weighted by molar-refractivity contribution is 5.77. The molecule has 0 aromatic heterocycles. The molecule has 0 saturated carbocycles. The zero-order valence-corrected chi connectivity index (χ0v) is 10.7. The molecule has 1 aromatic rings. The Labute approximate surface area is 111 Å². The minimum atomic E-state index is -1.26. The van der Waals surface area contributed by atoms with E-state index in [1.54, 1.807) is 31.2 Å². The summed E-state index contributed by atoms with van der Waals surface area (Å²) in [5.74, 6) is -1.71. The number of carbonyl (C=O) groups is 2. The van der Waals surface area contributed by atoms with Crippen LogP contribution < -0.4 is 5.73 Å². The number of nitrogens with zero attached hydrogens (tertiary/aromatic N) is 1. The normalized spacial score (nSPS) is 14.1. The van der Waals surface area contributed by atoms with E-state index >= 15 is 0 Å². The second-order valence-electron chi connectivity index (χ2n) is 4.65. The lowest BCUT2D eigenvalue weighted by atomic mass is 9.95. The van der Waals surface area contributed by atoms with Gasteiger partial charge in [-0.1, -0.05) is 30.3 Å². The highest BCUT2D eigenvalue weighted by atomic mass is 16.4. The van der Waals surface area contributed by atoms with E-state index in [-0.39, 0.29) is 19.6 Å². The fourth-order valence-electron chi connectivity index (χ4n) is 1.90. The van der Waals surface area contributed by atoms with E-state index < -0.39 is 17.5 Å². The van der Waals surface area contributed by atoms with Gasteiger partial charge < -0.3 is 15.9 Å². The molecule has 0 saturated heterocycles. The summed E-state index contributed by atoms with van der Waals surface area (Å²) < 4.78 is 0. The van der Waals surface area contributed by atoms with Gasteiger partial charge >= 0.3 is 5.97 Å². The first kappa shape index (κ1) is 15.1. The maximum Gasteiger partial charge on any atom is 0.317 e. The molecule has 0 spiro atoms. The highest BCUT2D eigenvalue weighted by Crippen LogP contribution is 2.21. The van der Waals surface area contributed by atoms with Crippen molar-refractivity contribution in [2.24, 2.45) is 5.73 Å². The third-order valence-corrected chi connectivity index (χ3v) is 2.67. The quantitative estimate of drug-likeness (QED) is 0.632. The largest absolute Gasteiger partial charge is 0.480 e. The van der Waals surface area contributed by atoms with Crippen molar-refractivity contribution in [3.63, 3.8) is 0 Å². The standard InChI is InChI=1S/C13H18N2O4/c1-13(19,10-5-3-2-4-6-10)9-15(7-11(14)16)8-12(17)18/h2-6,19H,7-9H2,1H3,(H2,14,16)(H,17,18). The SMILES string of the molecule is CC(O)(CN(CC(N)=O)CC(=O)O)c1ccccc1. The van der Waals surface area contributed by atoms with Crippen LogP contribution in [0.25, 0.3) is 0 Å². The summed E-state index contributed by atoms with van der Waals surface area (Å²) in [6, 6.07) is 8.85. The molecule has 0 aliphatic rings. The Kier molecular flexibility index (Phi) is 5.02. The summed E-state index contributed by atoms with van der Waals surface area (Å²) in [6.07, 6.45) is 0. The van der Waals surface area contributed by atoms with Crippen LogP contribution in [0.5, 0.6) is 0 Å². The average molecular weight is 266 g/mol. The molecule has 1 aromatic carbocycles. The zero-order chi connectivity index (χ0) is 14.5. The number of hydrogen-bond acceptors (Lipinski definition) is 4. The summed E-state index contributed by atoms with van der Waals surface area (Å²) in [5.41, 5.74) is 4.46. The summed E-state index contributed by atoms with van der Waals surface area (Å²) >= 11 is 0. The van der Waals surface area contributed by atoms with Gasteiger partial charge in [0, 0.05) is 6.54 Å². The number of carboxylic acid groups (broad SMARTS) is 1. The molecular weight excluding hydrogens is 248 g/mol. The molecule has 0 radical (unpaired) electrons. The average Bonchev–Trinajstić information content (AvgIpc) is 2.27. The van der Waals surface area contributed by atoms with Gasteiger partial charge in [-0.15, -0.1) is 0 Å². The molecular formula is C13H18N2O4. The Morgan fingerprint density at radius 2 is 1.84 bits per heavy atom. The lowest BCUT2D eigenvalue weighted by Gasteiger charge is -2.30. The van der Waals surface area contributed by atoms with Gasteiger partial charge in [0.25, 0.3) is 0 Å². The zero-order valence-electron chi connectivity index (χ0n) is 10.7. The monoisotopic (exact) mass is 266 g/mol. The van der Waals surface area contributed by atoms with Gasteiger partial charge in [0.2, 0.25) is 5.91 Å². The van der Waals surface area contributed by atoms with Crippen LogP contribution in [0.15, 0.2) is 30.3 Å². The fourth-order valence-corrected chi connectivity index (χ4v) is 1.90. The van der Waals surface area contributed by atoms with Crippen LogP contribution in [0.4, 0.5) is 0 Å². The number of benzene rings is 1. The van der Waals surface area contributed by atoms with Crippen LogP contribution >= 0.6 is 0 Å². The molecule has 104 valence electrons. The number of aliphatic carboxylic acids is 1. The maximum atomic E-state index is 10.9. The van der Waals surface area contributed by atoms with E-state index in [0.29, 0.717) is 5.56 Å². The second kappa shape index (κ2) is 6.31. The Balaban J connectivity index is 2.82. The van der Waals surface area contributed by atoms with Crippen molar-refractivity contribution in [3.8, 4) is 0 Å². The number of carboxylic acids is 1. The smallest absolute Gasteiger partial charge is 0.317 e. The molecule has 6 nitrogen and oxygen atoms in total. The molecule has 1 amide bonds. The van der Waals surface area contributed by atoms with Gasteiger partial charge in [0.1, 0.15) is 0 Å². The van der Waals surface area contributed by atoms with E-state index in [4.69, 9.17) is 10.8 Å². The highest BCUT2D eigenvalue weighted by Gasteiger charge is 2.27. The van der Waals surface area contributed by atoms with Gasteiger partial charge in [0.05, 0.1) is 18.7 Å². The third-order valence-electron chi connectivity index (χ3n) is 2.67. The number of aliphatic hydroxyl groups is 1. The van der Waals surface area contributed by atoms with Crippen LogP contribution in [-0.4, -0.2) is 46.6 Å². The molecule has 1 unspecified atom stereocenters. The first-order chi connectivity index (χ1) is 8.81. The molecule has 6 heteroatoms. The number of primary amides is 1. The van der Waals surface area contributed by atoms with Crippen molar-refractivity contribution in [2.45, 2.75) is 12.5 Å². The summed E-state index contributed by atoms with van der Waals surface area (Å²) in [4.78, 5) is 23.0. The van der Waals surface area contributed by atoms with E-state index in [9.17, 15) is 14.7 Å². The second-order valence-corrected chi connectivity index (χ2v) is 4.65. The van der Waals surface area contributed by atoms with Crippen LogP contribution in [0, 0.1) is 0 Å². The summed E-state index contributed by atoms with van der Waals surface area (Å²) in [5, 5.41) is 19.2. The lowest BCUT2D eigenvalue weighted by Crippen LogP contribution is -2.45. The Morgan fingerprint density at radius 1 is 1.26 bits per heavy atom. The fraction of sp³-hybridized carbons (Fsp3) is 0.385. The minimum absolute atomic E-state index is 0.00620. The van der Waals surface area contributed by atoms with E-state index in [1.807, 2.05) is 6.07 Å². The number of amides is 1. The molecule has 0 aliphatic carbocycles. The third kappa shape index (κ3) is 5.07. The Bertz CT molecular complexity index is 429. The van der Waals surface area contributed by atoms with Crippen LogP contribution in [-0.2, 0) is 15.2 Å². The topological polar surface area (TPSA) is 104 Å². The molecule has 19 heavy (non-hydrogen) atoms. The van der Waals surface area contributed by atoms with Crippen LogP contribution in [0.3, 0.4) is 0 Å². The molecule has 0 heterocycles. The van der Waals surface area contributed by atoms with Gasteiger partial charge in [-0.3, -0.25) is 14.5 Å². The predicted molar refractivity (Wildman–Crippen MR) is 69.3 cm³/mol. The van der Waals surface area contributed by atoms with Crippen molar-refractivity contribution < 1.29 is 19.8 Å². The predicted octanol–water partition coefficient (Wildman–Crippen LogP) is -0.234. The van der Waals surface area contributed by atoms with Gasteiger partial charge in [-0.25, -0.2) is 0 Å². The van der Waals surface area contributed by atoms with Crippen molar-refractivity contribution in [1.82, 2.24) is 4.90 Å². The Hall–Kier alpha value is -1.92. The van der Waals surface area contributed by atoms with Gasteiger partial charge in [-0.2, -0.15) is 0 Å². The molecule has 0 aliphatic heterocycles. The molecule has 0 fully saturated rings. The Morgan fingerprint density at radius 3 is 2.32 bits per heavy atom. The van der Waals surface area contributed by atoms with Crippen molar-refractivity contribution in [2.75, 3.05) is 19.6 Å². The number of nitrogens with two attached hydrogens (primary N) is 1. The molecule has 0 bridgehead atoms. The van der Waals surface area contributed by atoms with Crippen molar-refractivity contribution in [1.29, 1.82) is 0 Å². The number of carbonyl (C=O) groups excluding carboxylic acids is 1. The minimum Gasteiger partial charge on any atom is -0.480 e. The van der Waals surface area contributed by atoms with Crippen molar-refractivity contribution in [3.05, 3.63) is 35.9 Å². The first-order valence-corrected chi connectivity index (χ1v) is 5.81. The number of hydrogen-bond donors (Lipinski definition) is 3. The lowest BCUT2D eigenvalue weighted by molar-refractivity contribution is -0.139. The first-order valence-electron chi connectivity index (χ1n) is 5.81. The van der Waals surface area contributed by atoms with E-state index in [2.05, 4.69) is 0 Å². The number of rotatable bonds is 7. The van der Waals surface area contributed by atoms with Crippen LogP contribution in [0.2, 0.25) is 0 Å². The summed E-state index contributed by atoms with van der Waals surface area (Å²) in [6.45, 7) is 1.01. The van der Waals surface area contributed by atoms with Gasteiger partial charge in [0.15, 0.2) is 0 Å². The van der Waals surface area contributed by atoms with Gasteiger partial charge in [-0.05, 0) is 12.5 Å². The molecule has 1 rings (SSSR count). The summed E-state index contributed by atoms with van der Waals surface area (Å²) in [7, 11) is 0. The maximum absolute atomic E-state index is 10.9. The van der Waals surface area contributed by atoms with E-state index in [1.165, 1.54) is 4.90 Å². The molecule has 1 atom stereocenters.